The summed E-state index contributed by atoms with van der Waals surface area (Å²) in [6, 6.07) is 17.1. The molecular formula is C26H25N3O2. The highest BCUT2D eigenvalue weighted by Gasteiger charge is 2.11. The van der Waals surface area contributed by atoms with E-state index in [0.717, 1.165) is 37.1 Å². The standard InChI is InChI=1S/C26H25N3O2/c1-3-29(4-2)12-11-16-9-10-18-22(13-16)28-24-15-19-23(14-20(24)26(18)31)27-21-8-6-5-7-17(21)25(19)30/h5-10,13-15H,3-4,11-12H2,1-2H3,(H,27,30)(H,28,31). The van der Waals surface area contributed by atoms with Crippen LogP contribution in [0.5, 0.6) is 0 Å². The number of benzene rings is 3. The van der Waals surface area contributed by atoms with Crippen molar-refractivity contribution in [3.8, 4) is 0 Å². The van der Waals surface area contributed by atoms with E-state index in [0.29, 0.717) is 32.6 Å². The Kier molecular flexibility index (Phi) is 4.83. The molecule has 3 aromatic carbocycles. The van der Waals surface area contributed by atoms with Crippen LogP contribution in [0.1, 0.15) is 19.4 Å². The van der Waals surface area contributed by atoms with Gasteiger partial charge in [0, 0.05) is 33.6 Å². The first-order valence-electron chi connectivity index (χ1n) is 10.8. The molecule has 156 valence electrons. The minimum absolute atomic E-state index is 0.0186. The average Bonchev–Trinajstić information content (AvgIpc) is 2.79. The molecule has 0 spiro atoms. The van der Waals surface area contributed by atoms with Gasteiger partial charge in [-0.1, -0.05) is 32.0 Å². The third-order valence-corrected chi connectivity index (χ3v) is 6.30. The van der Waals surface area contributed by atoms with Gasteiger partial charge in [-0.3, -0.25) is 9.59 Å². The van der Waals surface area contributed by atoms with Crippen molar-refractivity contribution in [1.82, 2.24) is 14.9 Å². The number of hydrogen-bond acceptors (Lipinski definition) is 3. The summed E-state index contributed by atoms with van der Waals surface area (Å²) in [6.07, 6.45) is 0.932. The van der Waals surface area contributed by atoms with Crippen LogP contribution in [0.15, 0.2) is 64.2 Å². The van der Waals surface area contributed by atoms with Gasteiger partial charge in [0.1, 0.15) is 0 Å². The lowest BCUT2D eigenvalue weighted by Crippen LogP contribution is -2.25. The molecule has 2 heterocycles. The summed E-state index contributed by atoms with van der Waals surface area (Å²) in [6.45, 7) is 7.39. The zero-order valence-electron chi connectivity index (χ0n) is 17.8. The van der Waals surface area contributed by atoms with E-state index in [2.05, 4.69) is 34.8 Å². The van der Waals surface area contributed by atoms with E-state index in [9.17, 15) is 9.59 Å². The van der Waals surface area contributed by atoms with Crippen LogP contribution in [0, 0.1) is 0 Å². The average molecular weight is 412 g/mol. The molecule has 5 rings (SSSR count). The van der Waals surface area contributed by atoms with Crippen molar-refractivity contribution >= 4 is 43.6 Å². The molecule has 0 amide bonds. The number of nitrogens with zero attached hydrogens (tertiary/aromatic N) is 1. The Balaban J connectivity index is 1.69. The molecule has 2 N–H and O–H groups in total. The van der Waals surface area contributed by atoms with Gasteiger partial charge in [0.05, 0.1) is 16.6 Å². The third kappa shape index (κ3) is 3.31. The zero-order valence-corrected chi connectivity index (χ0v) is 17.8. The molecule has 0 aliphatic rings. The third-order valence-electron chi connectivity index (χ3n) is 6.30. The van der Waals surface area contributed by atoms with Crippen LogP contribution in [0.3, 0.4) is 0 Å². The zero-order chi connectivity index (χ0) is 21.5. The number of para-hydroxylation sites is 1. The van der Waals surface area contributed by atoms with Crippen molar-refractivity contribution in [1.29, 1.82) is 0 Å². The van der Waals surface area contributed by atoms with E-state index in [1.807, 2.05) is 36.4 Å². The van der Waals surface area contributed by atoms with E-state index >= 15 is 0 Å². The van der Waals surface area contributed by atoms with E-state index in [4.69, 9.17) is 0 Å². The quantitative estimate of drug-likeness (QED) is 0.417. The molecule has 0 unspecified atom stereocenters. The van der Waals surface area contributed by atoms with Gasteiger partial charge in [-0.25, -0.2) is 0 Å². The van der Waals surface area contributed by atoms with E-state index in [1.165, 1.54) is 5.56 Å². The Hall–Kier alpha value is -3.44. The Labute approximate surface area is 179 Å². The first-order valence-corrected chi connectivity index (χ1v) is 10.8. The largest absolute Gasteiger partial charge is 0.354 e. The Morgan fingerprint density at radius 2 is 1.26 bits per heavy atom. The maximum Gasteiger partial charge on any atom is 0.197 e. The number of aromatic amines is 2. The number of aromatic nitrogens is 2. The summed E-state index contributed by atoms with van der Waals surface area (Å²) in [4.78, 5) is 35.4. The van der Waals surface area contributed by atoms with Gasteiger partial charge in [-0.2, -0.15) is 0 Å². The van der Waals surface area contributed by atoms with Crippen LogP contribution in [0.25, 0.3) is 43.6 Å². The van der Waals surface area contributed by atoms with Gasteiger partial charge in [-0.15, -0.1) is 0 Å². The number of nitrogens with one attached hydrogen (secondary N) is 2. The predicted octanol–water partition coefficient (Wildman–Crippen LogP) is 4.56. The number of H-pyrrole nitrogens is 2. The molecule has 5 heteroatoms. The van der Waals surface area contributed by atoms with E-state index < -0.39 is 0 Å². The molecule has 0 fully saturated rings. The lowest BCUT2D eigenvalue weighted by atomic mass is 10.0. The summed E-state index contributed by atoms with van der Waals surface area (Å²) >= 11 is 0. The van der Waals surface area contributed by atoms with E-state index in [-0.39, 0.29) is 10.9 Å². The Morgan fingerprint density at radius 3 is 1.94 bits per heavy atom. The number of pyridine rings is 2. The highest BCUT2D eigenvalue weighted by molar-refractivity contribution is 6.02. The Morgan fingerprint density at radius 1 is 0.677 bits per heavy atom. The molecular weight excluding hydrogens is 386 g/mol. The molecule has 0 saturated heterocycles. The summed E-state index contributed by atoms with van der Waals surface area (Å²) < 4.78 is 0. The first-order chi connectivity index (χ1) is 15.1. The fourth-order valence-electron chi connectivity index (χ4n) is 4.43. The summed E-state index contributed by atoms with van der Waals surface area (Å²) in [7, 11) is 0. The van der Waals surface area contributed by atoms with Gasteiger partial charge in [0.2, 0.25) is 0 Å². The Bertz CT molecular complexity index is 1560. The normalized spacial score (nSPS) is 12.0. The lowest BCUT2D eigenvalue weighted by Gasteiger charge is -2.17. The molecule has 31 heavy (non-hydrogen) atoms. The number of fused-ring (bicyclic) bond motifs is 4. The van der Waals surface area contributed by atoms with Crippen molar-refractivity contribution < 1.29 is 0 Å². The van der Waals surface area contributed by atoms with Crippen LogP contribution in [0.2, 0.25) is 0 Å². The highest BCUT2D eigenvalue weighted by atomic mass is 16.1. The first kappa shape index (κ1) is 19.5. The summed E-state index contributed by atoms with van der Waals surface area (Å²) in [5.74, 6) is 0. The SMILES string of the molecule is CCN(CC)CCc1ccc2c(=O)c3cc4[nH]c5ccccc5c(=O)c4cc3[nH]c2c1. The molecule has 0 bridgehead atoms. The maximum atomic E-state index is 13.2. The number of hydrogen-bond donors (Lipinski definition) is 2. The molecule has 2 aromatic heterocycles. The maximum absolute atomic E-state index is 13.2. The van der Waals surface area contributed by atoms with Gasteiger partial charge >= 0.3 is 0 Å². The molecule has 0 atom stereocenters. The molecule has 5 aromatic rings. The number of rotatable bonds is 5. The van der Waals surface area contributed by atoms with E-state index in [1.54, 1.807) is 12.1 Å². The van der Waals surface area contributed by atoms with Crippen LogP contribution in [-0.4, -0.2) is 34.5 Å². The van der Waals surface area contributed by atoms with Crippen molar-refractivity contribution in [2.45, 2.75) is 20.3 Å². The van der Waals surface area contributed by atoms with Crippen LogP contribution >= 0.6 is 0 Å². The van der Waals surface area contributed by atoms with Gasteiger partial charge in [-0.05, 0) is 61.5 Å². The topological polar surface area (TPSA) is 69.0 Å². The number of likely N-dealkylation sites (N-methyl/N-ethyl adjacent to an activating group) is 1. The van der Waals surface area contributed by atoms with Gasteiger partial charge < -0.3 is 14.9 Å². The van der Waals surface area contributed by atoms with Crippen molar-refractivity contribution in [2.75, 3.05) is 19.6 Å². The van der Waals surface area contributed by atoms with Crippen LogP contribution in [-0.2, 0) is 6.42 Å². The fourth-order valence-corrected chi connectivity index (χ4v) is 4.43. The molecule has 0 saturated carbocycles. The fraction of sp³-hybridized carbons (Fsp3) is 0.231. The predicted molar refractivity (Wildman–Crippen MR) is 129 cm³/mol. The monoisotopic (exact) mass is 411 g/mol. The van der Waals surface area contributed by atoms with Gasteiger partial charge in [0.15, 0.2) is 10.9 Å². The highest BCUT2D eigenvalue weighted by Crippen LogP contribution is 2.22. The van der Waals surface area contributed by atoms with Crippen LogP contribution < -0.4 is 10.9 Å². The molecule has 0 aliphatic carbocycles. The van der Waals surface area contributed by atoms with Gasteiger partial charge in [0.25, 0.3) is 0 Å². The lowest BCUT2D eigenvalue weighted by molar-refractivity contribution is 0.308. The molecule has 5 nitrogen and oxygen atoms in total. The second-order valence-corrected chi connectivity index (χ2v) is 8.05. The van der Waals surface area contributed by atoms with Crippen molar-refractivity contribution in [2.24, 2.45) is 0 Å². The second-order valence-electron chi connectivity index (χ2n) is 8.05. The van der Waals surface area contributed by atoms with Crippen molar-refractivity contribution in [3.63, 3.8) is 0 Å². The van der Waals surface area contributed by atoms with Crippen molar-refractivity contribution in [3.05, 3.63) is 80.6 Å². The second kappa shape index (κ2) is 7.67. The van der Waals surface area contributed by atoms with Crippen LogP contribution in [0.4, 0.5) is 0 Å². The summed E-state index contributed by atoms with van der Waals surface area (Å²) in [5, 5.41) is 2.48. The summed E-state index contributed by atoms with van der Waals surface area (Å²) in [5.41, 5.74) is 4.10. The minimum Gasteiger partial charge on any atom is -0.354 e. The molecule has 0 aliphatic heterocycles. The minimum atomic E-state index is -0.0276. The smallest absolute Gasteiger partial charge is 0.197 e. The molecule has 0 radical (unpaired) electrons.